The van der Waals surface area contributed by atoms with Crippen LogP contribution in [-0.2, 0) is 4.74 Å². The standard InChI is InChI=1S/C16H23FN2O/c1-19-8-9-20-15(11-19)10-18-16(12-2-3-12)13-4-6-14(17)7-5-13/h4-7,12,15-16,18H,2-3,8-11H2,1H3. The van der Waals surface area contributed by atoms with Gasteiger partial charge in [-0.15, -0.1) is 0 Å². The third-order valence-corrected chi connectivity index (χ3v) is 4.23. The number of hydrogen-bond donors (Lipinski definition) is 1. The van der Waals surface area contributed by atoms with Gasteiger partial charge in [-0.2, -0.15) is 0 Å². The van der Waals surface area contributed by atoms with Gasteiger partial charge in [0.2, 0.25) is 0 Å². The summed E-state index contributed by atoms with van der Waals surface area (Å²) in [5, 5.41) is 3.63. The lowest BCUT2D eigenvalue weighted by atomic mass is 10.0. The molecule has 1 N–H and O–H groups in total. The number of ether oxygens (including phenoxy) is 1. The van der Waals surface area contributed by atoms with Crippen LogP contribution < -0.4 is 5.32 Å². The second-order valence-corrected chi connectivity index (χ2v) is 6.03. The first-order valence-corrected chi connectivity index (χ1v) is 7.51. The Labute approximate surface area is 120 Å². The van der Waals surface area contributed by atoms with Gasteiger partial charge in [0.25, 0.3) is 0 Å². The fourth-order valence-electron chi connectivity index (χ4n) is 2.91. The van der Waals surface area contributed by atoms with Crippen molar-refractivity contribution in [2.24, 2.45) is 5.92 Å². The Morgan fingerprint density at radius 2 is 2.10 bits per heavy atom. The molecule has 1 aliphatic heterocycles. The molecule has 1 aromatic rings. The smallest absolute Gasteiger partial charge is 0.123 e. The second-order valence-electron chi connectivity index (χ2n) is 6.03. The average Bonchev–Trinajstić information content (AvgIpc) is 3.26. The Bertz CT molecular complexity index is 433. The molecule has 0 aromatic heterocycles. The van der Waals surface area contributed by atoms with Gasteiger partial charge in [0, 0.05) is 25.7 Å². The van der Waals surface area contributed by atoms with Gasteiger partial charge < -0.3 is 15.0 Å². The van der Waals surface area contributed by atoms with Crippen molar-refractivity contribution in [3.63, 3.8) is 0 Å². The first-order chi connectivity index (χ1) is 9.72. The molecule has 110 valence electrons. The van der Waals surface area contributed by atoms with Crippen molar-refractivity contribution in [3.8, 4) is 0 Å². The molecule has 1 saturated heterocycles. The summed E-state index contributed by atoms with van der Waals surface area (Å²) in [6.45, 7) is 3.67. The molecule has 20 heavy (non-hydrogen) atoms. The van der Waals surface area contributed by atoms with Crippen molar-refractivity contribution in [2.75, 3.05) is 33.3 Å². The highest BCUT2D eigenvalue weighted by atomic mass is 19.1. The van der Waals surface area contributed by atoms with Gasteiger partial charge in [-0.05, 0) is 43.5 Å². The summed E-state index contributed by atoms with van der Waals surface area (Å²) in [6, 6.07) is 7.25. The highest BCUT2D eigenvalue weighted by Crippen LogP contribution is 2.41. The number of morpholine rings is 1. The number of benzene rings is 1. The van der Waals surface area contributed by atoms with Gasteiger partial charge in [-0.25, -0.2) is 4.39 Å². The van der Waals surface area contributed by atoms with E-state index < -0.39 is 0 Å². The van der Waals surface area contributed by atoms with E-state index in [0.717, 1.165) is 26.2 Å². The predicted molar refractivity (Wildman–Crippen MR) is 77.1 cm³/mol. The Morgan fingerprint density at radius 1 is 1.35 bits per heavy atom. The number of likely N-dealkylation sites (N-methyl/N-ethyl adjacent to an activating group) is 1. The van der Waals surface area contributed by atoms with Crippen LogP contribution in [0.2, 0.25) is 0 Å². The molecule has 3 nitrogen and oxygen atoms in total. The van der Waals surface area contributed by atoms with Crippen LogP contribution in [0.25, 0.3) is 0 Å². The summed E-state index contributed by atoms with van der Waals surface area (Å²) in [7, 11) is 2.13. The highest BCUT2D eigenvalue weighted by molar-refractivity contribution is 5.22. The summed E-state index contributed by atoms with van der Waals surface area (Å²) in [5.41, 5.74) is 1.19. The lowest BCUT2D eigenvalue weighted by molar-refractivity contribution is -0.0196. The van der Waals surface area contributed by atoms with Gasteiger partial charge in [-0.3, -0.25) is 0 Å². The van der Waals surface area contributed by atoms with Crippen LogP contribution in [0.4, 0.5) is 4.39 Å². The third-order valence-electron chi connectivity index (χ3n) is 4.23. The molecule has 1 aliphatic carbocycles. The zero-order chi connectivity index (χ0) is 13.9. The summed E-state index contributed by atoms with van der Waals surface area (Å²) in [4.78, 5) is 2.31. The molecule has 2 atom stereocenters. The first kappa shape index (κ1) is 14.0. The zero-order valence-electron chi connectivity index (χ0n) is 12.0. The van der Waals surface area contributed by atoms with Crippen LogP contribution in [0.1, 0.15) is 24.4 Å². The molecular weight excluding hydrogens is 255 g/mol. The SMILES string of the molecule is CN1CCOC(CNC(c2ccc(F)cc2)C2CC2)C1. The van der Waals surface area contributed by atoms with Gasteiger partial charge in [0.1, 0.15) is 5.82 Å². The minimum Gasteiger partial charge on any atom is -0.374 e. The topological polar surface area (TPSA) is 24.5 Å². The summed E-state index contributed by atoms with van der Waals surface area (Å²) in [5.74, 6) is 0.530. The molecule has 0 bridgehead atoms. The van der Waals surface area contributed by atoms with Crippen molar-refractivity contribution < 1.29 is 9.13 Å². The van der Waals surface area contributed by atoms with E-state index in [-0.39, 0.29) is 11.9 Å². The predicted octanol–water partition coefficient (Wildman–Crippen LogP) is 2.20. The quantitative estimate of drug-likeness (QED) is 0.893. The number of halogens is 1. The Balaban J connectivity index is 1.59. The summed E-state index contributed by atoms with van der Waals surface area (Å²) in [6.07, 6.45) is 2.79. The normalized spacial score (nSPS) is 25.6. The molecule has 1 heterocycles. The van der Waals surface area contributed by atoms with E-state index in [4.69, 9.17) is 4.74 Å². The summed E-state index contributed by atoms with van der Waals surface area (Å²) >= 11 is 0. The largest absolute Gasteiger partial charge is 0.374 e. The molecule has 0 amide bonds. The van der Waals surface area contributed by atoms with Crippen LogP contribution in [-0.4, -0.2) is 44.3 Å². The van der Waals surface area contributed by atoms with Crippen LogP contribution >= 0.6 is 0 Å². The molecule has 2 aliphatic rings. The lowest BCUT2D eigenvalue weighted by Gasteiger charge is -2.31. The molecule has 1 saturated carbocycles. The van der Waals surface area contributed by atoms with Crippen molar-refractivity contribution in [3.05, 3.63) is 35.6 Å². The van der Waals surface area contributed by atoms with Gasteiger partial charge in [-0.1, -0.05) is 12.1 Å². The summed E-state index contributed by atoms with van der Waals surface area (Å²) < 4.78 is 18.8. The number of nitrogens with zero attached hydrogens (tertiary/aromatic N) is 1. The lowest BCUT2D eigenvalue weighted by Crippen LogP contribution is -2.45. The van der Waals surface area contributed by atoms with E-state index in [1.54, 1.807) is 12.1 Å². The molecule has 2 fully saturated rings. The maximum absolute atomic E-state index is 13.0. The van der Waals surface area contributed by atoms with E-state index in [2.05, 4.69) is 17.3 Å². The fraction of sp³-hybridized carbons (Fsp3) is 0.625. The van der Waals surface area contributed by atoms with Gasteiger partial charge in [0.05, 0.1) is 12.7 Å². The van der Waals surface area contributed by atoms with Crippen LogP contribution in [0.5, 0.6) is 0 Å². The maximum atomic E-state index is 13.0. The van der Waals surface area contributed by atoms with Gasteiger partial charge in [0.15, 0.2) is 0 Å². The molecule has 4 heteroatoms. The van der Waals surface area contributed by atoms with Crippen molar-refractivity contribution in [1.82, 2.24) is 10.2 Å². The van der Waals surface area contributed by atoms with E-state index in [1.807, 2.05) is 12.1 Å². The monoisotopic (exact) mass is 278 g/mol. The number of hydrogen-bond acceptors (Lipinski definition) is 3. The van der Waals surface area contributed by atoms with E-state index in [9.17, 15) is 4.39 Å². The molecule has 1 aromatic carbocycles. The first-order valence-electron chi connectivity index (χ1n) is 7.51. The van der Waals surface area contributed by atoms with Gasteiger partial charge >= 0.3 is 0 Å². The van der Waals surface area contributed by atoms with E-state index >= 15 is 0 Å². The Morgan fingerprint density at radius 3 is 2.75 bits per heavy atom. The Hall–Kier alpha value is -0.970. The van der Waals surface area contributed by atoms with Crippen LogP contribution in [0, 0.1) is 11.7 Å². The van der Waals surface area contributed by atoms with Crippen molar-refractivity contribution >= 4 is 0 Å². The third kappa shape index (κ3) is 3.57. The number of nitrogens with one attached hydrogen (secondary N) is 1. The molecule has 0 radical (unpaired) electrons. The van der Waals surface area contributed by atoms with E-state index in [1.165, 1.54) is 18.4 Å². The maximum Gasteiger partial charge on any atom is 0.123 e. The molecule has 3 rings (SSSR count). The molecular formula is C16H23FN2O. The average molecular weight is 278 g/mol. The molecule has 2 unspecified atom stereocenters. The zero-order valence-corrected chi connectivity index (χ0v) is 12.0. The molecule has 0 spiro atoms. The highest BCUT2D eigenvalue weighted by Gasteiger charge is 2.32. The second kappa shape index (κ2) is 6.20. The van der Waals surface area contributed by atoms with Crippen molar-refractivity contribution in [1.29, 1.82) is 0 Å². The number of rotatable bonds is 5. The van der Waals surface area contributed by atoms with Crippen LogP contribution in [0.3, 0.4) is 0 Å². The van der Waals surface area contributed by atoms with E-state index in [0.29, 0.717) is 12.0 Å². The minimum atomic E-state index is -0.166. The fourth-order valence-corrected chi connectivity index (χ4v) is 2.91. The van der Waals surface area contributed by atoms with Crippen LogP contribution in [0.15, 0.2) is 24.3 Å². The van der Waals surface area contributed by atoms with Crippen molar-refractivity contribution in [2.45, 2.75) is 25.0 Å². The Kier molecular flexibility index (Phi) is 4.34. The minimum absolute atomic E-state index is 0.166.